The van der Waals surface area contributed by atoms with Gasteiger partial charge in [-0.1, -0.05) is 6.07 Å². The number of esters is 1. The smallest absolute Gasteiger partial charge is 0.379 e. The third-order valence-electron chi connectivity index (χ3n) is 4.79. The molecule has 12 nitrogen and oxygen atoms in total. The van der Waals surface area contributed by atoms with E-state index in [0.717, 1.165) is 0 Å². The van der Waals surface area contributed by atoms with E-state index in [-0.39, 0.29) is 46.1 Å². The molecule has 0 aliphatic carbocycles. The zero-order chi connectivity index (χ0) is 23.5. The number of nitrogens with zero attached hydrogens (tertiary/aromatic N) is 4. The lowest BCUT2D eigenvalue weighted by molar-refractivity contribution is 0.0696. The molecular formula is C21H16N8O4. The molecule has 0 bridgehead atoms. The van der Waals surface area contributed by atoms with Crippen LogP contribution in [-0.4, -0.2) is 24.0 Å². The maximum Gasteiger partial charge on any atom is 0.379 e. The van der Waals surface area contributed by atoms with E-state index >= 15 is 0 Å². The molecule has 1 unspecified atom stereocenters. The number of nitrogens with one attached hydrogen (secondary N) is 2. The van der Waals surface area contributed by atoms with Crippen LogP contribution in [0.4, 0.5) is 17.3 Å². The lowest BCUT2D eigenvalue weighted by atomic mass is 9.95. The number of hydrogen-bond donors (Lipinski definition) is 4. The number of furan rings is 1. The minimum atomic E-state index is -0.777. The van der Waals surface area contributed by atoms with Crippen LogP contribution in [0.25, 0.3) is 0 Å². The zero-order valence-electron chi connectivity index (χ0n) is 17.1. The quantitative estimate of drug-likeness (QED) is 0.198. The molecule has 0 saturated carbocycles. The molecule has 0 fully saturated rings. The van der Waals surface area contributed by atoms with Gasteiger partial charge in [-0.15, -0.1) is 0 Å². The first-order chi connectivity index (χ1) is 16.0. The van der Waals surface area contributed by atoms with Gasteiger partial charge in [0.25, 0.3) is 0 Å². The van der Waals surface area contributed by atoms with E-state index < -0.39 is 12.0 Å². The number of carbonyl (C=O) groups is 1. The van der Waals surface area contributed by atoms with Crippen molar-refractivity contribution in [3.63, 3.8) is 0 Å². The summed E-state index contributed by atoms with van der Waals surface area (Å²) in [5.41, 5.74) is 13.2. The summed E-state index contributed by atoms with van der Waals surface area (Å²) >= 11 is 0. The number of guanidine groups is 1. The number of anilines is 3. The first-order valence-electron chi connectivity index (χ1n) is 9.39. The Balaban J connectivity index is 1.79. The second-order valence-electron chi connectivity index (χ2n) is 6.68. The molecule has 3 aromatic rings. The van der Waals surface area contributed by atoms with E-state index in [1.165, 1.54) is 25.5 Å². The largest absolute Gasteiger partial charge is 0.493 e. The molecule has 1 aliphatic rings. The van der Waals surface area contributed by atoms with Gasteiger partial charge in [0, 0.05) is 5.56 Å². The lowest BCUT2D eigenvalue weighted by Gasteiger charge is -2.26. The zero-order valence-corrected chi connectivity index (χ0v) is 17.1. The fourth-order valence-electron chi connectivity index (χ4n) is 3.31. The van der Waals surface area contributed by atoms with Gasteiger partial charge in [0.15, 0.2) is 17.7 Å². The second-order valence-corrected chi connectivity index (χ2v) is 6.68. The lowest BCUT2D eigenvalue weighted by Crippen LogP contribution is -2.32. The number of fused-ring (bicyclic) bond motifs is 1. The Morgan fingerprint density at radius 3 is 2.76 bits per heavy atom. The van der Waals surface area contributed by atoms with Crippen molar-refractivity contribution in [1.82, 2.24) is 10.3 Å². The molecule has 1 atom stereocenters. The van der Waals surface area contributed by atoms with Gasteiger partial charge < -0.3 is 30.7 Å². The predicted octanol–water partition coefficient (Wildman–Crippen LogP) is 1.88. The Hall–Kier alpha value is -5.23. The van der Waals surface area contributed by atoms with Crippen molar-refractivity contribution in [2.45, 2.75) is 6.04 Å². The van der Waals surface area contributed by atoms with Crippen LogP contribution >= 0.6 is 0 Å². The van der Waals surface area contributed by atoms with Crippen molar-refractivity contribution in [2.24, 2.45) is 4.99 Å². The average Bonchev–Trinajstić information content (AvgIpc) is 3.34. The number of nitrogens with two attached hydrogens (primary N) is 2. The van der Waals surface area contributed by atoms with Crippen molar-refractivity contribution >= 4 is 29.3 Å². The summed E-state index contributed by atoms with van der Waals surface area (Å²) in [5, 5.41) is 23.7. The molecule has 0 saturated heterocycles. The first-order valence-corrected chi connectivity index (χ1v) is 9.39. The van der Waals surface area contributed by atoms with Crippen molar-refractivity contribution < 1.29 is 18.7 Å². The van der Waals surface area contributed by atoms with Crippen LogP contribution in [0.5, 0.6) is 11.5 Å². The van der Waals surface area contributed by atoms with Gasteiger partial charge in [-0.25, -0.2) is 14.8 Å². The van der Waals surface area contributed by atoms with Gasteiger partial charge in [0.1, 0.15) is 29.3 Å². The fraction of sp³-hybridized carbons (Fsp3) is 0.0952. The Morgan fingerprint density at radius 1 is 1.27 bits per heavy atom. The highest BCUT2D eigenvalue weighted by molar-refractivity contribution is 5.98. The number of nitriles is 2. The summed E-state index contributed by atoms with van der Waals surface area (Å²) in [4.78, 5) is 20.9. The van der Waals surface area contributed by atoms with E-state index in [0.29, 0.717) is 11.1 Å². The summed E-state index contributed by atoms with van der Waals surface area (Å²) in [6.45, 7) is 0. The van der Waals surface area contributed by atoms with E-state index in [4.69, 9.17) is 30.6 Å². The third kappa shape index (κ3) is 3.80. The summed E-state index contributed by atoms with van der Waals surface area (Å²) < 4.78 is 15.8. The fourth-order valence-corrected chi connectivity index (χ4v) is 3.31. The van der Waals surface area contributed by atoms with Gasteiger partial charge >= 0.3 is 5.97 Å². The minimum absolute atomic E-state index is 0.0170. The van der Waals surface area contributed by atoms with E-state index in [2.05, 4.69) is 20.6 Å². The highest BCUT2D eigenvalue weighted by Crippen LogP contribution is 2.42. The van der Waals surface area contributed by atoms with Crippen LogP contribution in [0.1, 0.15) is 33.3 Å². The molecule has 0 amide bonds. The number of nitrogen functional groups attached to an aromatic ring is 2. The van der Waals surface area contributed by atoms with E-state index in [1.807, 2.05) is 6.07 Å². The van der Waals surface area contributed by atoms with Crippen LogP contribution in [0.2, 0.25) is 0 Å². The third-order valence-corrected chi connectivity index (χ3v) is 4.79. The Kier molecular flexibility index (Phi) is 5.41. The predicted molar refractivity (Wildman–Crippen MR) is 116 cm³/mol. The van der Waals surface area contributed by atoms with Crippen molar-refractivity contribution in [2.75, 3.05) is 23.9 Å². The molecule has 4 rings (SSSR count). The van der Waals surface area contributed by atoms with Crippen molar-refractivity contribution in [1.29, 1.82) is 10.5 Å². The SMILES string of the molecule is COc1cc(C2N=C(NC#N)Nc3nc(N)c(C#N)c(N)c32)ccc1OC(=O)c1ccco1. The van der Waals surface area contributed by atoms with E-state index in [9.17, 15) is 10.1 Å². The summed E-state index contributed by atoms with van der Waals surface area (Å²) in [6, 6.07) is 8.97. The number of aromatic nitrogens is 1. The monoisotopic (exact) mass is 444 g/mol. The standard InChI is InChI=1S/C21H16N8O4/c1-31-14-7-10(4-5-12(14)33-20(30)13-3-2-6-32-13)17-15-16(24)11(8-22)18(25)28-19(15)29-21(27-17)26-9-23/h2-7,17H,1H3,(H6,24,25,26,27,28,29). The van der Waals surface area contributed by atoms with Crippen LogP contribution < -0.4 is 31.6 Å². The number of benzene rings is 1. The van der Waals surface area contributed by atoms with Gasteiger partial charge in [-0.2, -0.15) is 10.5 Å². The highest BCUT2D eigenvalue weighted by atomic mass is 16.6. The molecule has 0 radical (unpaired) electrons. The maximum absolute atomic E-state index is 12.2. The number of methoxy groups -OCH3 is 1. The van der Waals surface area contributed by atoms with Crippen LogP contribution in [0.3, 0.4) is 0 Å². The Bertz CT molecular complexity index is 1350. The first kappa shape index (κ1) is 21.0. The molecule has 6 N–H and O–H groups in total. The topological polar surface area (TPSA) is 198 Å². The van der Waals surface area contributed by atoms with Gasteiger partial charge in [0.05, 0.1) is 19.1 Å². The van der Waals surface area contributed by atoms with E-state index in [1.54, 1.807) is 24.4 Å². The minimum Gasteiger partial charge on any atom is -0.493 e. The molecule has 0 spiro atoms. The molecule has 1 aromatic carbocycles. The van der Waals surface area contributed by atoms with Crippen LogP contribution in [0.15, 0.2) is 46.0 Å². The van der Waals surface area contributed by atoms with Crippen molar-refractivity contribution in [3.05, 3.63) is 59.0 Å². The van der Waals surface area contributed by atoms with Gasteiger partial charge in [-0.3, -0.25) is 5.32 Å². The number of rotatable bonds is 4. The maximum atomic E-state index is 12.2. The highest BCUT2D eigenvalue weighted by Gasteiger charge is 2.30. The summed E-state index contributed by atoms with van der Waals surface area (Å²) in [6.07, 6.45) is 3.14. The molecule has 2 aromatic heterocycles. The number of aliphatic imine (C=N–C) groups is 1. The summed E-state index contributed by atoms with van der Waals surface area (Å²) in [7, 11) is 1.41. The molecule has 164 valence electrons. The van der Waals surface area contributed by atoms with Crippen LogP contribution in [0, 0.1) is 22.8 Å². The molecule has 33 heavy (non-hydrogen) atoms. The van der Waals surface area contributed by atoms with Gasteiger partial charge in [-0.05, 0) is 29.8 Å². The number of carbonyl (C=O) groups excluding carboxylic acids is 1. The molecule has 3 heterocycles. The number of ether oxygens (including phenoxy) is 2. The van der Waals surface area contributed by atoms with Crippen LogP contribution in [-0.2, 0) is 0 Å². The number of hydrogen-bond acceptors (Lipinski definition) is 12. The Labute approximate surface area is 187 Å². The molecule has 1 aliphatic heterocycles. The van der Waals surface area contributed by atoms with Gasteiger partial charge in [0.2, 0.25) is 11.7 Å². The second kappa shape index (κ2) is 8.49. The summed E-state index contributed by atoms with van der Waals surface area (Å²) in [5.74, 6) is 0.0191. The molecule has 12 heteroatoms. The number of pyridine rings is 1. The molecular weight excluding hydrogens is 428 g/mol. The normalized spacial score (nSPS) is 14.0. The Morgan fingerprint density at radius 2 is 2.09 bits per heavy atom. The average molecular weight is 444 g/mol. The van der Waals surface area contributed by atoms with Crippen molar-refractivity contribution in [3.8, 4) is 23.8 Å².